The number of halogens is 3. The highest BCUT2D eigenvalue weighted by Crippen LogP contribution is 2.24. The second kappa shape index (κ2) is 5.10. The fraction of sp³-hybridized carbons (Fsp3) is 0.364. The number of likely N-dealkylation sites (N-methyl/N-ethyl adjacent to an activating group) is 1. The number of amides is 1. The van der Waals surface area contributed by atoms with Gasteiger partial charge in [0.15, 0.2) is 11.6 Å². The Balaban J connectivity index is 3.01. The summed E-state index contributed by atoms with van der Waals surface area (Å²) < 4.78 is 27.2. The van der Waals surface area contributed by atoms with Crippen molar-refractivity contribution in [1.82, 2.24) is 5.32 Å². The summed E-state index contributed by atoms with van der Waals surface area (Å²) >= 11 is 2.96. The Morgan fingerprint density at radius 1 is 1.29 bits per heavy atom. The molecule has 1 aromatic rings. The zero-order chi connectivity index (χ0) is 13.2. The Morgan fingerprint density at radius 3 is 2.18 bits per heavy atom. The summed E-state index contributed by atoms with van der Waals surface area (Å²) in [6.07, 6.45) is 0. The zero-order valence-electron chi connectivity index (χ0n) is 9.70. The van der Waals surface area contributed by atoms with Crippen molar-refractivity contribution >= 4 is 27.5 Å². The molecule has 6 heteroatoms. The summed E-state index contributed by atoms with van der Waals surface area (Å²) in [6, 6.07) is 2.18. The predicted octanol–water partition coefficient (Wildman–Crippen LogP) is 2.66. The SMILES string of the molecule is CNC(C)(C)C(=O)Nc1c(F)cc(Br)cc1F. The van der Waals surface area contributed by atoms with E-state index in [2.05, 4.69) is 26.6 Å². The molecule has 0 radical (unpaired) electrons. The van der Waals surface area contributed by atoms with Gasteiger partial charge in [-0.15, -0.1) is 0 Å². The van der Waals surface area contributed by atoms with Crippen LogP contribution in [-0.4, -0.2) is 18.5 Å². The topological polar surface area (TPSA) is 41.1 Å². The third-order valence-electron chi connectivity index (χ3n) is 2.44. The van der Waals surface area contributed by atoms with Gasteiger partial charge in [-0.3, -0.25) is 4.79 Å². The van der Waals surface area contributed by atoms with E-state index >= 15 is 0 Å². The summed E-state index contributed by atoms with van der Waals surface area (Å²) in [5.74, 6) is -2.16. The van der Waals surface area contributed by atoms with E-state index in [1.165, 1.54) is 0 Å². The van der Waals surface area contributed by atoms with E-state index < -0.39 is 28.8 Å². The van der Waals surface area contributed by atoms with E-state index in [9.17, 15) is 13.6 Å². The van der Waals surface area contributed by atoms with Crippen LogP contribution in [0.25, 0.3) is 0 Å². The number of carbonyl (C=O) groups is 1. The van der Waals surface area contributed by atoms with Crippen LogP contribution in [0.4, 0.5) is 14.5 Å². The second-order valence-electron chi connectivity index (χ2n) is 4.07. The molecule has 2 N–H and O–H groups in total. The molecule has 0 unspecified atom stereocenters. The maximum absolute atomic E-state index is 13.5. The summed E-state index contributed by atoms with van der Waals surface area (Å²) in [6.45, 7) is 3.22. The Hall–Kier alpha value is -1.01. The number of anilines is 1. The molecule has 0 saturated carbocycles. The van der Waals surface area contributed by atoms with Crippen molar-refractivity contribution in [2.45, 2.75) is 19.4 Å². The first-order valence-electron chi connectivity index (χ1n) is 4.93. The predicted molar refractivity (Wildman–Crippen MR) is 65.8 cm³/mol. The standard InChI is InChI=1S/C11H13BrF2N2O/c1-11(2,15-3)10(17)16-9-7(13)4-6(12)5-8(9)14/h4-5,15H,1-3H3,(H,16,17). The van der Waals surface area contributed by atoms with Crippen molar-refractivity contribution in [3.05, 3.63) is 28.2 Å². The molecule has 0 aliphatic heterocycles. The van der Waals surface area contributed by atoms with E-state index in [1.54, 1.807) is 20.9 Å². The van der Waals surface area contributed by atoms with Gasteiger partial charge in [-0.05, 0) is 33.0 Å². The molecule has 0 saturated heterocycles. The number of hydrogen-bond donors (Lipinski definition) is 2. The summed E-state index contributed by atoms with van der Waals surface area (Å²) in [5.41, 5.74) is -1.35. The summed E-state index contributed by atoms with van der Waals surface area (Å²) in [5, 5.41) is 4.97. The molecule has 0 atom stereocenters. The molecule has 1 aromatic carbocycles. The van der Waals surface area contributed by atoms with Gasteiger partial charge in [-0.25, -0.2) is 8.78 Å². The molecule has 0 heterocycles. The van der Waals surface area contributed by atoms with Gasteiger partial charge in [-0.1, -0.05) is 15.9 Å². The third kappa shape index (κ3) is 3.23. The molecule has 1 rings (SSSR count). The van der Waals surface area contributed by atoms with Gasteiger partial charge in [0.25, 0.3) is 0 Å². The lowest BCUT2D eigenvalue weighted by molar-refractivity contribution is -0.121. The number of nitrogens with one attached hydrogen (secondary N) is 2. The van der Waals surface area contributed by atoms with Gasteiger partial charge in [0, 0.05) is 4.47 Å². The third-order valence-corrected chi connectivity index (χ3v) is 2.90. The van der Waals surface area contributed by atoms with Gasteiger partial charge < -0.3 is 10.6 Å². The van der Waals surface area contributed by atoms with Crippen molar-refractivity contribution in [2.75, 3.05) is 12.4 Å². The summed E-state index contributed by atoms with van der Waals surface area (Å²) in [7, 11) is 1.59. The van der Waals surface area contributed by atoms with Gasteiger partial charge in [-0.2, -0.15) is 0 Å². The van der Waals surface area contributed by atoms with Crippen molar-refractivity contribution in [3.63, 3.8) is 0 Å². The molecule has 0 aliphatic carbocycles. The van der Waals surface area contributed by atoms with E-state index in [4.69, 9.17) is 0 Å². The Labute approximate surface area is 107 Å². The highest BCUT2D eigenvalue weighted by atomic mass is 79.9. The Kier molecular flexibility index (Phi) is 4.21. The van der Waals surface area contributed by atoms with E-state index in [0.29, 0.717) is 0 Å². The fourth-order valence-electron chi connectivity index (χ4n) is 1.04. The van der Waals surface area contributed by atoms with Crippen LogP contribution in [0.1, 0.15) is 13.8 Å². The average molecular weight is 307 g/mol. The van der Waals surface area contributed by atoms with Crippen LogP contribution in [0.5, 0.6) is 0 Å². The molecule has 0 spiro atoms. The average Bonchev–Trinajstić information content (AvgIpc) is 2.22. The highest BCUT2D eigenvalue weighted by Gasteiger charge is 2.27. The van der Waals surface area contributed by atoms with Crippen LogP contribution in [0.3, 0.4) is 0 Å². The van der Waals surface area contributed by atoms with Crippen LogP contribution in [0, 0.1) is 11.6 Å². The van der Waals surface area contributed by atoms with Gasteiger partial charge in [0.2, 0.25) is 5.91 Å². The van der Waals surface area contributed by atoms with Crippen molar-refractivity contribution < 1.29 is 13.6 Å². The Morgan fingerprint density at radius 2 is 1.76 bits per heavy atom. The van der Waals surface area contributed by atoms with Crippen LogP contribution < -0.4 is 10.6 Å². The second-order valence-corrected chi connectivity index (χ2v) is 4.99. The number of carbonyl (C=O) groups excluding carboxylic acids is 1. The zero-order valence-corrected chi connectivity index (χ0v) is 11.3. The van der Waals surface area contributed by atoms with Gasteiger partial charge in [0.1, 0.15) is 5.69 Å². The molecular weight excluding hydrogens is 294 g/mol. The normalized spacial score (nSPS) is 11.4. The van der Waals surface area contributed by atoms with Crippen molar-refractivity contribution in [1.29, 1.82) is 0 Å². The lowest BCUT2D eigenvalue weighted by atomic mass is 10.1. The first kappa shape index (κ1) is 14.1. The van der Waals surface area contributed by atoms with Crippen LogP contribution >= 0.6 is 15.9 Å². The lowest BCUT2D eigenvalue weighted by Crippen LogP contribution is -2.48. The molecule has 1 amide bonds. The minimum Gasteiger partial charge on any atom is -0.320 e. The van der Waals surface area contributed by atoms with E-state index in [1.807, 2.05) is 0 Å². The van der Waals surface area contributed by atoms with Crippen LogP contribution in [0.2, 0.25) is 0 Å². The fourth-order valence-corrected chi connectivity index (χ4v) is 1.45. The number of benzene rings is 1. The Bertz CT molecular complexity index is 426. The van der Waals surface area contributed by atoms with Crippen molar-refractivity contribution in [3.8, 4) is 0 Å². The molecule has 17 heavy (non-hydrogen) atoms. The van der Waals surface area contributed by atoms with Crippen LogP contribution in [0.15, 0.2) is 16.6 Å². The molecule has 0 aromatic heterocycles. The minimum absolute atomic E-state index is 0.276. The molecule has 94 valence electrons. The first-order valence-corrected chi connectivity index (χ1v) is 5.72. The van der Waals surface area contributed by atoms with Crippen LogP contribution in [-0.2, 0) is 4.79 Å². The van der Waals surface area contributed by atoms with Gasteiger partial charge >= 0.3 is 0 Å². The molecule has 3 nitrogen and oxygen atoms in total. The molecule has 0 bridgehead atoms. The monoisotopic (exact) mass is 306 g/mol. The quantitative estimate of drug-likeness (QED) is 0.901. The van der Waals surface area contributed by atoms with Crippen molar-refractivity contribution in [2.24, 2.45) is 0 Å². The molecular formula is C11H13BrF2N2O. The highest BCUT2D eigenvalue weighted by molar-refractivity contribution is 9.10. The van der Waals surface area contributed by atoms with E-state index in [0.717, 1.165) is 12.1 Å². The van der Waals surface area contributed by atoms with Gasteiger partial charge in [0.05, 0.1) is 5.54 Å². The number of hydrogen-bond acceptors (Lipinski definition) is 2. The smallest absolute Gasteiger partial charge is 0.244 e. The molecule has 0 aliphatic rings. The first-order chi connectivity index (χ1) is 7.77. The van der Waals surface area contributed by atoms with E-state index in [-0.39, 0.29) is 4.47 Å². The minimum atomic E-state index is -0.911. The molecule has 0 fully saturated rings. The largest absolute Gasteiger partial charge is 0.320 e. The maximum Gasteiger partial charge on any atom is 0.244 e. The number of rotatable bonds is 3. The lowest BCUT2D eigenvalue weighted by Gasteiger charge is -2.23. The summed E-state index contributed by atoms with van der Waals surface area (Å²) in [4.78, 5) is 11.7. The maximum atomic E-state index is 13.5.